The third kappa shape index (κ3) is 3.69. The van der Waals surface area contributed by atoms with Crippen LogP contribution in [0.5, 0.6) is 0 Å². The highest BCUT2D eigenvalue weighted by Crippen LogP contribution is 2.10. The van der Waals surface area contributed by atoms with E-state index in [4.69, 9.17) is 4.74 Å². The molecule has 1 rings (SSSR count). The van der Waals surface area contributed by atoms with Crippen molar-refractivity contribution in [2.24, 2.45) is 0 Å². The first-order chi connectivity index (χ1) is 6.88. The number of hydrogen-bond acceptors (Lipinski definition) is 5. The molecule has 80 valence electrons. The van der Waals surface area contributed by atoms with Gasteiger partial charge in [0.25, 0.3) is 0 Å². The largest absolute Gasteiger partial charge is 0.380 e. The van der Waals surface area contributed by atoms with Gasteiger partial charge in [-0.15, -0.1) is 0 Å². The zero-order valence-electron chi connectivity index (χ0n) is 8.69. The van der Waals surface area contributed by atoms with Crippen molar-refractivity contribution < 1.29 is 4.74 Å². The number of rotatable bonds is 7. The van der Waals surface area contributed by atoms with Gasteiger partial charge < -0.3 is 10.1 Å². The summed E-state index contributed by atoms with van der Waals surface area (Å²) in [6.45, 7) is 6.53. The van der Waals surface area contributed by atoms with E-state index in [9.17, 15) is 0 Å². The summed E-state index contributed by atoms with van der Waals surface area (Å²) < 4.78 is 13.6. The second-order valence-electron chi connectivity index (χ2n) is 3.00. The molecule has 0 saturated heterocycles. The molecule has 0 fully saturated rings. The molecule has 1 aromatic heterocycles. The van der Waals surface area contributed by atoms with E-state index in [0.29, 0.717) is 6.61 Å². The van der Waals surface area contributed by atoms with Crippen molar-refractivity contribution in [1.29, 1.82) is 0 Å². The minimum atomic E-state index is 0.189. The highest BCUT2D eigenvalue weighted by molar-refractivity contribution is 6.99. The van der Waals surface area contributed by atoms with Crippen LogP contribution in [-0.4, -0.2) is 28.5 Å². The average Bonchev–Trinajstić information content (AvgIpc) is 2.71. The number of hydrogen-bond donors (Lipinski definition) is 1. The molecule has 0 aromatic carbocycles. The molecular weight excluding hydrogens is 198 g/mol. The standard InChI is InChI=1S/C9H17N3OS/c1-3-5-10-9(7-13-4-2)8-6-11-14-12-8/h6,9-10H,3-5,7H2,1-2H3. The Morgan fingerprint density at radius 2 is 2.43 bits per heavy atom. The lowest BCUT2D eigenvalue weighted by atomic mass is 10.2. The van der Waals surface area contributed by atoms with Crippen LogP contribution < -0.4 is 5.32 Å². The summed E-state index contributed by atoms with van der Waals surface area (Å²) in [6.07, 6.45) is 2.91. The van der Waals surface area contributed by atoms with Gasteiger partial charge in [-0.1, -0.05) is 6.92 Å². The quantitative estimate of drug-likeness (QED) is 0.750. The predicted molar refractivity (Wildman–Crippen MR) is 57.4 cm³/mol. The number of aromatic nitrogens is 2. The average molecular weight is 215 g/mol. The monoisotopic (exact) mass is 215 g/mol. The van der Waals surface area contributed by atoms with Gasteiger partial charge in [-0.2, -0.15) is 8.75 Å². The van der Waals surface area contributed by atoms with Gasteiger partial charge in [0.1, 0.15) is 0 Å². The summed E-state index contributed by atoms with van der Waals surface area (Å²) in [5, 5.41) is 3.39. The van der Waals surface area contributed by atoms with Gasteiger partial charge in [-0.25, -0.2) is 0 Å². The molecule has 0 amide bonds. The molecule has 0 aliphatic heterocycles. The molecule has 1 aromatic rings. The van der Waals surface area contributed by atoms with Crippen LogP contribution >= 0.6 is 11.7 Å². The highest BCUT2D eigenvalue weighted by atomic mass is 32.1. The van der Waals surface area contributed by atoms with Gasteiger partial charge >= 0.3 is 0 Å². The molecule has 1 N–H and O–H groups in total. The van der Waals surface area contributed by atoms with E-state index in [2.05, 4.69) is 21.0 Å². The Labute approximate surface area is 89.0 Å². The van der Waals surface area contributed by atoms with Crippen LogP contribution in [0.15, 0.2) is 6.20 Å². The lowest BCUT2D eigenvalue weighted by molar-refractivity contribution is 0.122. The molecule has 1 atom stereocenters. The van der Waals surface area contributed by atoms with Gasteiger partial charge in [0.05, 0.1) is 36.3 Å². The van der Waals surface area contributed by atoms with Crippen LogP contribution in [0.4, 0.5) is 0 Å². The van der Waals surface area contributed by atoms with Gasteiger partial charge in [0.15, 0.2) is 0 Å². The Hall–Kier alpha value is -0.520. The van der Waals surface area contributed by atoms with E-state index in [-0.39, 0.29) is 6.04 Å². The Morgan fingerprint density at radius 3 is 3.00 bits per heavy atom. The topological polar surface area (TPSA) is 47.0 Å². The van der Waals surface area contributed by atoms with Gasteiger partial charge in [-0.05, 0) is 19.9 Å². The molecule has 1 heterocycles. The molecule has 0 aliphatic rings. The van der Waals surface area contributed by atoms with Crippen LogP contribution in [0.2, 0.25) is 0 Å². The number of nitrogens with zero attached hydrogens (tertiary/aromatic N) is 2. The van der Waals surface area contributed by atoms with Crippen LogP contribution in [-0.2, 0) is 4.74 Å². The van der Waals surface area contributed by atoms with Crippen molar-refractivity contribution in [2.75, 3.05) is 19.8 Å². The zero-order chi connectivity index (χ0) is 10.2. The lowest BCUT2D eigenvalue weighted by Gasteiger charge is -2.15. The van der Waals surface area contributed by atoms with Crippen LogP contribution in [0.25, 0.3) is 0 Å². The summed E-state index contributed by atoms with van der Waals surface area (Å²) in [5.41, 5.74) is 0.983. The van der Waals surface area contributed by atoms with Crippen molar-refractivity contribution in [3.63, 3.8) is 0 Å². The fourth-order valence-electron chi connectivity index (χ4n) is 1.13. The summed E-state index contributed by atoms with van der Waals surface area (Å²) in [7, 11) is 0. The molecule has 14 heavy (non-hydrogen) atoms. The maximum atomic E-state index is 5.39. The first kappa shape index (κ1) is 11.6. The SMILES string of the molecule is CCCNC(COCC)c1cnsn1. The third-order valence-corrected chi connectivity index (χ3v) is 2.36. The van der Waals surface area contributed by atoms with E-state index in [1.54, 1.807) is 6.20 Å². The van der Waals surface area contributed by atoms with Crippen molar-refractivity contribution >= 4 is 11.7 Å². The van der Waals surface area contributed by atoms with E-state index >= 15 is 0 Å². The van der Waals surface area contributed by atoms with E-state index in [0.717, 1.165) is 25.3 Å². The van der Waals surface area contributed by atoms with Crippen LogP contribution in [0.3, 0.4) is 0 Å². The first-order valence-corrected chi connectivity index (χ1v) is 5.70. The van der Waals surface area contributed by atoms with Crippen LogP contribution in [0.1, 0.15) is 32.0 Å². The molecule has 0 spiro atoms. The van der Waals surface area contributed by atoms with E-state index in [1.807, 2.05) is 6.92 Å². The fraction of sp³-hybridized carbons (Fsp3) is 0.778. The summed E-state index contributed by atoms with van der Waals surface area (Å²) in [5.74, 6) is 0. The maximum absolute atomic E-state index is 5.39. The summed E-state index contributed by atoms with van der Waals surface area (Å²) >= 11 is 1.24. The Morgan fingerprint density at radius 1 is 1.57 bits per heavy atom. The normalized spacial score (nSPS) is 13.0. The molecule has 0 aliphatic carbocycles. The molecule has 0 radical (unpaired) electrons. The molecule has 0 saturated carbocycles. The van der Waals surface area contributed by atoms with E-state index in [1.165, 1.54) is 11.7 Å². The molecule has 0 bridgehead atoms. The van der Waals surface area contributed by atoms with Gasteiger partial charge in [0.2, 0.25) is 0 Å². The maximum Gasteiger partial charge on any atom is 0.0935 e. The van der Waals surface area contributed by atoms with Crippen molar-refractivity contribution in [2.45, 2.75) is 26.3 Å². The minimum Gasteiger partial charge on any atom is -0.380 e. The fourth-order valence-corrected chi connectivity index (χ4v) is 1.60. The molecule has 5 heteroatoms. The van der Waals surface area contributed by atoms with Crippen molar-refractivity contribution in [3.05, 3.63) is 11.9 Å². The van der Waals surface area contributed by atoms with Crippen LogP contribution in [0, 0.1) is 0 Å². The second-order valence-corrected chi connectivity index (χ2v) is 3.56. The summed E-state index contributed by atoms with van der Waals surface area (Å²) in [6, 6.07) is 0.189. The van der Waals surface area contributed by atoms with Gasteiger partial charge in [-0.3, -0.25) is 0 Å². The summed E-state index contributed by atoms with van der Waals surface area (Å²) in [4.78, 5) is 0. The minimum absolute atomic E-state index is 0.189. The third-order valence-electron chi connectivity index (χ3n) is 1.86. The molecular formula is C9H17N3OS. The Kier molecular flexibility index (Phi) is 5.66. The Balaban J connectivity index is 2.44. The predicted octanol–water partition coefficient (Wildman–Crippen LogP) is 1.62. The highest BCUT2D eigenvalue weighted by Gasteiger charge is 2.12. The van der Waals surface area contributed by atoms with E-state index < -0.39 is 0 Å². The zero-order valence-corrected chi connectivity index (χ0v) is 9.51. The molecule has 4 nitrogen and oxygen atoms in total. The Bertz CT molecular complexity index is 220. The molecule has 1 unspecified atom stereocenters. The second kappa shape index (κ2) is 6.86. The smallest absolute Gasteiger partial charge is 0.0935 e. The first-order valence-electron chi connectivity index (χ1n) is 4.97. The van der Waals surface area contributed by atoms with Gasteiger partial charge in [0, 0.05) is 6.61 Å². The van der Waals surface area contributed by atoms with Crippen molar-refractivity contribution in [3.8, 4) is 0 Å². The number of ether oxygens (including phenoxy) is 1. The lowest BCUT2D eigenvalue weighted by Crippen LogP contribution is -2.26. The number of nitrogens with one attached hydrogen (secondary N) is 1. The van der Waals surface area contributed by atoms with Crippen molar-refractivity contribution in [1.82, 2.24) is 14.1 Å².